The van der Waals surface area contributed by atoms with E-state index in [2.05, 4.69) is 25.0 Å². The van der Waals surface area contributed by atoms with Crippen LogP contribution in [0.3, 0.4) is 0 Å². The highest BCUT2D eigenvalue weighted by Crippen LogP contribution is 2.43. The third-order valence-electron chi connectivity index (χ3n) is 6.32. The molecule has 7 heteroatoms. The molecule has 2 atom stereocenters. The first kappa shape index (κ1) is 21.1. The number of carbonyl (C=O) groups is 2. The van der Waals surface area contributed by atoms with Gasteiger partial charge in [0.2, 0.25) is 0 Å². The van der Waals surface area contributed by atoms with Gasteiger partial charge in [0.15, 0.2) is 7.28 Å². The van der Waals surface area contributed by atoms with Crippen molar-refractivity contribution in [3.8, 4) is 11.5 Å². The number of carboxylic acid groups (broad SMARTS) is 1. The lowest BCUT2D eigenvalue weighted by atomic mass is 9.73. The molecule has 1 aliphatic carbocycles. The van der Waals surface area contributed by atoms with Gasteiger partial charge >= 0.3 is 12.1 Å². The van der Waals surface area contributed by atoms with E-state index in [9.17, 15) is 9.59 Å². The summed E-state index contributed by atoms with van der Waals surface area (Å²) in [5, 5.41) is 9.09. The van der Waals surface area contributed by atoms with Crippen molar-refractivity contribution in [2.75, 3.05) is 0 Å². The van der Waals surface area contributed by atoms with Crippen LogP contribution in [0.2, 0.25) is 6.82 Å². The Morgan fingerprint density at radius 2 is 2.00 bits per heavy atom. The van der Waals surface area contributed by atoms with Crippen molar-refractivity contribution in [2.45, 2.75) is 38.4 Å². The standard InChI is InChI=1S/C26H24BNO5/c1-27-19-9-10-22(32-20-7-4-5-16(11-20)12-24(29)30)18(13-19)15-28-25-21-8-3-2-6-17(21)14-23(25)33-26(28)31/h2-11,13,23,25,27H,12,14-15H2,1H3,(H,29,30)/t23-,25+/m0/s1. The minimum Gasteiger partial charge on any atom is -0.481 e. The monoisotopic (exact) mass is 441 g/mol. The Kier molecular flexibility index (Phi) is 5.54. The molecule has 5 rings (SSSR count). The molecule has 0 spiro atoms. The van der Waals surface area contributed by atoms with Gasteiger partial charge in [-0.15, -0.1) is 0 Å². The van der Waals surface area contributed by atoms with Crippen molar-refractivity contribution in [3.05, 3.63) is 89.0 Å². The number of aliphatic carboxylic acids is 1. The van der Waals surface area contributed by atoms with Crippen LogP contribution in [0.1, 0.15) is 28.3 Å². The Bertz CT molecular complexity index is 1230. The molecule has 1 fully saturated rings. The number of amides is 1. The molecule has 1 saturated heterocycles. The van der Waals surface area contributed by atoms with Gasteiger partial charge in [-0.05, 0) is 34.9 Å². The number of carbonyl (C=O) groups excluding carboxylic acids is 1. The van der Waals surface area contributed by atoms with Gasteiger partial charge in [-0.1, -0.05) is 60.8 Å². The van der Waals surface area contributed by atoms with Crippen LogP contribution in [0.15, 0.2) is 66.7 Å². The van der Waals surface area contributed by atoms with Crippen molar-refractivity contribution < 1.29 is 24.2 Å². The van der Waals surface area contributed by atoms with Crippen molar-refractivity contribution in [1.29, 1.82) is 0 Å². The molecular weight excluding hydrogens is 417 g/mol. The zero-order valence-electron chi connectivity index (χ0n) is 18.4. The van der Waals surface area contributed by atoms with E-state index >= 15 is 0 Å². The summed E-state index contributed by atoms with van der Waals surface area (Å²) < 4.78 is 11.9. The summed E-state index contributed by atoms with van der Waals surface area (Å²) in [6.07, 6.45) is 0.191. The molecule has 166 valence electrons. The molecule has 3 aromatic rings. The number of hydrogen-bond donors (Lipinski definition) is 1. The van der Waals surface area contributed by atoms with Gasteiger partial charge in [-0.2, -0.15) is 0 Å². The second-order valence-corrected chi connectivity index (χ2v) is 8.51. The van der Waals surface area contributed by atoms with E-state index in [1.165, 1.54) is 5.56 Å². The van der Waals surface area contributed by atoms with Gasteiger partial charge in [-0.25, -0.2) is 4.79 Å². The maximum atomic E-state index is 12.8. The molecule has 1 aliphatic heterocycles. The number of carboxylic acids is 1. The zero-order chi connectivity index (χ0) is 22.9. The molecule has 2 aliphatic rings. The molecule has 0 aromatic heterocycles. The fourth-order valence-electron chi connectivity index (χ4n) is 4.77. The van der Waals surface area contributed by atoms with E-state index < -0.39 is 5.97 Å². The molecule has 3 aromatic carbocycles. The van der Waals surface area contributed by atoms with Crippen LogP contribution in [0.25, 0.3) is 0 Å². The predicted octanol–water partition coefficient (Wildman–Crippen LogP) is 3.83. The van der Waals surface area contributed by atoms with Gasteiger partial charge in [-0.3, -0.25) is 9.69 Å². The molecule has 0 unspecified atom stereocenters. The minimum absolute atomic E-state index is 0.0685. The Hall–Kier alpha value is -3.74. The number of hydrogen-bond acceptors (Lipinski definition) is 4. The Labute approximate surface area is 193 Å². The summed E-state index contributed by atoms with van der Waals surface area (Å²) in [5.41, 5.74) is 5.07. The third kappa shape index (κ3) is 4.18. The topological polar surface area (TPSA) is 76.1 Å². The van der Waals surface area contributed by atoms with E-state index in [1.807, 2.05) is 24.3 Å². The minimum atomic E-state index is -0.890. The van der Waals surface area contributed by atoms with Gasteiger partial charge in [0.05, 0.1) is 19.0 Å². The van der Waals surface area contributed by atoms with E-state index in [0.717, 1.165) is 30.3 Å². The second-order valence-electron chi connectivity index (χ2n) is 8.51. The predicted molar refractivity (Wildman–Crippen MR) is 126 cm³/mol. The van der Waals surface area contributed by atoms with Crippen molar-refractivity contribution in [3.63, 3.8) is 0 Å². The highest BCUT2D eigenvalue weighted by Gasteiger charge is 2.47. The van der Waals surface area contributed by atoms with Crippen molar-refractivity contribution in [2.24, 2.45) is 0 Å². The van der Waals surface area contributed by atoms with Gasteiger partial charge < -0.3 is 14.6 Å². The second kappa shape index (κ2) is 8.66. The first-order valence-electron chi connectivity index (χ1n) is 11.2. The van der Waals surface area contributed by atoms with E-state index in [4.69, 9.17) is 14.6 Å². The van der Waals surface area contributed by atoms with Gasteiger partial charge in [0.1, 0.15) is 17.6 Å². The molecule has 0 radical (unpaired) electrons. The first-order chi connectivity index (χ1) is 16.0. The normalized spacial score (nSPS) is 18.5. The van der Waals surface area contributed by atoms with E-state index in [-0.39, 0.29) is 24.7 Å². The highest BCUT2D eigenvalue weighted by molar-refractivity contribution is 6.51. The lowest BCUT2D eigenvalue weighted by Crippen LogP contribution is -2.28. The Balaban J connectivity index is 1.45. The molecule has 33 heavy (non-hydrogen) atoms. The lowest BCUT2D eigenvalue weighted by Gasteiger charge is -2.23. The fraction of sp³-hybridized carbons (Fsp3) is 0.231. The first-order valence-corrected chi connectivity index (χ1v) is 11.2. The Morgan fingerprint density at radius 3 is 2.82 bits per heavy atom. The number of benzene rings is 3. The van der Waals surface area contributed by atoms with Gasteiger partial charge in [0, 0.05) is 12.0 Å². The number of nitrogens with zero attached hydrogens (tertiary/aromatic N) is 1. The summed E-state index contributed by atoms with van der Waals surface area (Å²) in [6.45, 7) is 2.45. The Morgan fingerprint density at radius 1 is 1.15 bits per heavy atom. The molecule has 1 heterocycles. The van der Waals surface area contributed by atoms with Crippen molar-refractivity contribution in [1.82, 2.24) is 4.90 Å². The van der Waals surface area contributed by atoms with E-state index in [1.54, 1.807) is 29.2 Å². The van der Waals surface area contributed by atoms with Crippen LogP contribution in [-0.4, -0.2) is 35.5 Å². The molecule has 6 nitrogen and oxygen atoms in total. The van der Waals surface area contributed by atoms with Crippen LogP contribution < -0.4 is 10.2 Å². The molecule has 1 amide bonds. The largest absolute Gasteiger partial charge is 0.481 e. The number of fused-ring (bicyclic) bond motifs is 3. The van der Waals surface area contributed by atoms with Crippen molar-refractivity contribution >= 4 is 24.8 Å². The quantitative estimate of drug-likeness (QED) is 0.564. The SMILES string of the molecule is CBc1ccc(Oc2cccc(CC(=O)O)c2)c(CN2C(=O)O[C@H]3Cc4ccccc4[C@H]32)c1. The molecular formula is C26H24BNO5. The third-order valence-corrected chi connectivity index (χ3v) is 6.32. The average molecular weight is 441 g/mol. The summed E-state index contributed by atoms with van der Waals surface area (Å²) in [6, 6.07) is 21.2. The summed E-state index contributed by atoms with van der Waals surface area (Å²) in [7, 11) is 0.862. The van der Waals surface area contributed by atoms with E-state index in [0.29, 0.717) is 23.6 Å². The van der Waals surface area contributed by atoms with Crippen LogP contribution in [0.5, 0.6) is 11.5 Å². The number of ether oxygens (including phenoxy) is 2. The molecule has 0 bridgehead atoms. The summed E-state index contributed by atoms with van der Waals surface area (Å²) in [4.78, 5) is 25.6. The maximum Gasteiger partial charge on any atom is 0.411 e. The average Bonchev–Trinajstić information content (AvgIpc) is 3.30. The summed E-state index contributed by atoms with van der Waals surface area (Å²) >= 11 is 0. The van der Waals surface area contributed by atoms with Crippen LogP contribution in [0.4, 0.5) is 4.79 Å². The van der Waals surface area contributed by atoms with Crippen LogP contribution in [-0.2, 0) is 28.9 Å². The fourth-order valence-corrected chi connectivity index (χ4v) is 4.77. The zero-order valence-corrected chi connectivity index (χ0v) is 18.4. The smallest absolute Gasteiger partial charge is 0.411 e. The van der Waals surface area contributed by atoms with Gasteiger partial charge in [0.25, 0.3) is 0 Å². The van der Waals surface area contributed by atoms with Crippen LogP contribution in [0, 0.1) is 0 Å². The van der Waals surface area contributed by atoms with Crippen LogP contribution >= 0.6 is 0 Å². The molecule has 0 saturated carbocycles. The highest BCUT2D eigenvalue weighted by atomic mass is 16.6. The molecule has 1 N–H and O–H groups in total. The number of rotatable bonds is 7. The summed E-state index contributed by atoms with van der Waals surface area (Å²) in [5.74, 6) is 0.314. The lowest BCUT2D eigenvalue weighted by molar-refractivity contribution is -0.136. The maximum absolute atomic E-state index is 12.8.